The third kappa shape index (κ3) is 3.75. The Morgan fingerprint density at radius 1 is 1.21 bits per heavy atom. The molecular weight excluding hydrogens is 433 g/mol. The van der Waals surface area contributed by atoms with Crippen LogP contribution in [-0.4, -0.2) is 46.3 Å². The lowest BCUT2D eigenvalue weighted by atomic mass is 10.1. The van der Waals surface area contributed by atoms with E-state index in [1.54, 1.807) is 25.6 Å². The van der Waals surface area contributed by atoms with Gasteiger partial charge in [0.25, 0.3) is 0 Å². The van der Waals surface area contributed by atoms with Gasteiger partial charge in [-0.2, -0.15) is 4.99 Å². The minimum absolute atomic E-state index is 0.253. The number of aromatic nitrogens is 2. The maximum Gasteiger partial charge on any atom is 0.240 e. The van der Waals surface area contributed by atoms with Crippen molar-refractivity contribution in [3.05, 3.63) is 100 Å². The van der Waals surface area contributed by atoms with E-state index in [1.165, 1.54) is 12.1 Å². The Kier molecular flexibility index (Phi) is 5.65. The second kappa shape index (κ2) is 8.64. The summed E-state index contributed by atoms with van der Waals surface area (Å²) in [4.78, 5) is 9.03. The first kappa shape index (κ1) is 22.2. The monoisotopic (exact) mass is 459 g/mol. The molecule has 1 N–H and O–H groups in total. The molecule has 34 heavy (non-hydrogen) atoms. The number of methoxy groups -OCH3 is 1. The number of aryl methyl sites for hydroxylation is 1. The van der Waals surface area contributed by atoms with Crippen LogP contribution in [-0.2, 0) is 0 Å². The molecule has 2 atom stereocenters. The number of rotatable bonds is 5. The van der Waals surface area contributed by atoms with Crippen molar-refractivity contribution in [1.82, 2.24) is 14.9 Å². The van der Waals surface area contributed by atoms with Crippen LogP contribution in [0.5, 0.6) is 5.75 Å². The Morgan fingerprint density at radius 3 is 2.71 bits per heavy atom. The summed E-state index contributed by atoms with van der Waals surface area (Å²) in [6.07, 6.45) is 7.48. The van der Waals surface area contributed by atoms with Crippen LogP contribution in [0.3, 0.4) is 0 Å². The molecule has 2 unspecified atom stereocenters. The van der Waals surface area contributed by atoms with Crippen molar-refractivity contribution in [1.29, 1.82) is 0 Å². The van der Waals surface area contributed by atoms with Gasteiger partial charge in [-0.15, -0.1) is 0 Å². The Labute approximate surface area is 197 Å². The largest absolute Gasteiger partial charge is 0.621 e. The first-order valence-corrected chi connectivity index (χ1v) is 11.2. The van der Waals surface area contributed by atoms with Crippen molar-refractivity contribution in [3.63, 3.8) is 0 Å². The number of quaternary nitrogens is 1. The van der Waals surface area contributed by atoms with Crippen LogP contribution in [0.4, 0.5) is 4.39 Å². The van der Waals surface area contributed by atoms with Gasteiger partial charge in [0.05, 0.1) is 36.9 Å². The van der Waals surface area contributed by atoms with Crippen molar-refractivity contribution in [2.45, 2.75) is 19.9 Å². The van der Waals surface area contributed by atoms with E-state index < -0.39 is 4.65 Å². The fourth-order valence-corrected chi connectivity index (χ4v) is 4.49. The highest BCUT2D eigenvalue weighted by molar-refractivity contribution is 5.97. The highest BCUT2D eigenvalue weighted by atomic mass is 19.1. The summed E-state index contributed by atoms with van der Waals surface area (Å²) in [6.45, 7) is 4.87. The van der Waals surface area contributed by atoms with Crippen molar-refractivity contribution in [2.24, 2.45) is 4.99 Å². The summed E-state index contributed by atoms with van der Waals surface area (Å²) in [5, 5.41) is 17.4. The molecule has 174 valence electrons. The van der Waals surface area contributed by atoms with E-state index in [-0.39, 0.29) is 11.9 Å². The van der Waals surface area contributed by atoms with Gasteiger partial charge in [-0.3, -0.25) is 4.65 Å². The van der Waals surface area contributed by atoms with Crippen LogP contribution in [0.1, 0.15) is 23.7 Å². The molecule has 5 rings (SSSR count). The van der Waals surface area contributed by atoms with Crippen LogP contribution >= 0.6 is 0 Å². The molecule has 0 aliphatic carbocycles. The van der Waals surface area contributed by atoms with Crippen molar-refractivity contribution in [3.8, 4) is 11.4 Å². The number of halogens is 1. The fourth-order valence-electron chi connectivity index (χ4n) is 4.49. The van der Waals surface area contributed by atoms with Crippen molar-refractivity contribution >= 4 is 11.9 Å². The number of aliphatic imine (C=N–C) groups is 1. The molecule has 8 heteroatoms. The Balaban J connectivity index is 1.51. The topological polar surface area (TPSA) is 74.5 Å². The summed E-state index contributed by atoms with van der Waals surface area (Å²) >= 11 is 0. The first-order valence-electron chi connectivity index (χ1n) is 11.2. The zero-order valence-electron chi connectivity index (χ0n) is 19.3. The average molecular weight is 460 g/mol. The third-order valence-electron chi connectivity index (χ3n) is 6.32. The summed E-state index contributed by atoms with van der Waals surface area (Å²) in [7, 11) is 1.63. The quantitative estimate of drug-likeness (QED) is 0.456. The zero-order valence-corrected chi connectivity index (χ0v) is 19.3. The van der Waals surface area contributed by atoms with Crippen LogP contribution < -0.4 is 10.1 Å². The van der Waals surface area contributed by atoms with Gasteiger partial charge in [0.1, 0.15) is 23.3 Å². The van der Waals surface area contributed by atoms with E-state index in [2.05, 4.69) is 10.3 Å². The minimum Gasteiger partial charge on any atom is -0.621 e. The van der Waals surface area contributed by atoms with Gasteiger partial charge in [-0.1, -0.05) is 12.1 Å². The molecule has 0 bridgehead atoms. The number of imidazole rings is 1. The Morgan fingerprint density at radius 2 is 2.00 bits per heavy atom. The second-order valence-electron chi connectivity index (χ2n) is 8.60. The number of piperazine rings is 1. The molecular formula is C26H26FN5O2. The number of nitrogens with one attached hydrogen (secondary N) is 1. The molecule has 1 saturated heterocycles. The first-order chi connectivity index (χ1) is 16.4. The highest BCUT2D eigenvalue weighted by Crippen LogP contribution is 2.37. The normalized spacial score (nSPS) is 22.3. The molecule has 3 heterocycles. The Bertz CT molecular complexity index is 1330. The van der Waals surface area contributed by atoms with Gasteiger partial charge in [-0.25, -0.2) is 9.37 Å². The number of hydrogen-bond acceptors (Lipinski definition) is 5. The standard InChI is InChI=1S/C26H26FN5O2/c1-17-15-31(16-29-17)23-11-5-19(12-25(23)34-3)4-10-22-24-14-28-13-18(2)32(24,33)26(30-22)20-6-8-21(27)9-7-20/h4-12,15-16,18,28H,13-14H2,1-3H3. The summed E-state index contributed by atoms with van der Waals surface area (Å²) in [6, 6.07) is 11.6. The number of amidine groups is 1. The maximum atomic E-state index is 14.1. The molecule has 0 amide bonds. The lowest BCUT2D eigenvalue weighted by Gasteiger charge is -2.48. The van der Waals surface area contributed by atoms with Crippen LogP contribution in [0.2, 0.25) is 0 Å². The third-order valence-corrected chi connectivity index (χ3v) is 6.32. The van der Waals surface area contributed by atoms with Crippen molar-refractivity contribution in [2.75, 3.05) is 20.2 Å². The van der Waals surface area contributed by atoms with Gasteiger partial charge in [0, 0.05) is 12.7 Å². The van der Waals surface area contributed by atoms with Crippen LogP contribution in [0.25, 0.3) is 11.8 Å². The van der Waals surface area contributed by atoms with Crippen molar-refractivity contribution < 1.29 is 13.8 Å². The predicted octanol–water partition coefficient (Wildman–Crippen LogP) is 4.32. The van der Waals surface area contributed by atoms with Gasteiger partial charge < -0.3 is 19.8 Å². The Hall–Kier alpha value is -3.59. The average Bonchev–Trinajstić information content (AvgIpc) is 3.40. The molecule has 3 aromatic rings. The molecule has 2 aliphatic heterocycles. The molecule has 2 aliphatic rings. The minimum atomic E-state index is -0.624. The number of hydroxylamine groups is 3. The number of fused-ring (bicyclic) bond motifs is 1. The lowest BCUT2D eigenvalue weighted by Crippen LogP contribution is -2.60. The molecule has 2 aromatic carbocycles. The van der Waals surface area contributed by atoms with E-state index in [4.69, 9.17) is 9.73 Å². The van der Waals surface area contributed by atoms with E-state index in [0.29, 0.717) is 41.6 Å². The summed E-state index contributed by atoms with van der Waals surface area (Å²) < 4.78 is 20.4. The highest BCUT2D eigenvalue weighted by Gasteiger charge is 2.45. The fraction of sp³-hybridized carbons (Fsp3) is 0.231. The number of benzene rings is 2. The smallest absolute Gasteiger partial charge is 0.240 e. The molecule has 0 radical (unpaired) electrons. The maximum absolute atomic E-state index is 14.1. The van der Waals surface area contributed by atoms with Crippen LogP contribution in [0.15, 0.2) is 77.5 Å². The molecule has 0 saturated carbocycles. The SMILES string of the molecule is COc1cc(C=CC2=C3CNCC(C)[N+]3([O-])C(c3ccc(F)cc3)=N2)ccc1-n1cnc(C)c1. The van der Waals surface area contributed by atoms with E-state index >= 15 is 0 Å². The number of hydrogen-bond donors (Lipinski definition) is 1. The number of allylic oxidation sites excluding steroid dienone is 1. The van der Waals surface area contributed by atoms with Gasteiger partial charge in [0.15, 0.2) is 5.70 Å². The summed E-state index contributed by atoms with van der Waals surface area (Å²) in [5.74, 6) is 0.762. The zero-order chi connectivity index (χ0) is 23.9. The summed E-state index contributed by atoms with van der Waals surface area (Å²) in [5.41, 5.74) is 4.64. The van der Waals surface area contributed by atoms with Gasteiger partial charge >= 0.3 is 0 Å². The second-order valence-corrected chi connectivity index (χ2v) is 8.60. The number of ether oxygens (including phenoxy) is 1. The molecule has 1 fully saturated rings. The van der Waals surface area contributed by atoms with Crippen LogP contribution in [0, 0.1) is 17.9 Å². The van der Waals surface area contributed by atoms with E-state index in [1.807, 2.05) is 55.0 Å². The van der Waals surface area contributed by atoms with Gasteiger partial charge in [-0.05, 0) is 61.9 Å². The van der Waals surface area contributed by atoms with Gasteiger partial charge in [0.2, 0.25) is 5.84 Å². The van der Waals surface area contributed by atoms with E-state index in [9.17, 15) is 9.60 Å². The molecule has 1 aromatic heterocycles. The van der Waals surface area contributed by atoms with E-state index in [0.717, 1.165) is 16.9 Å². The number of nitrogens with zero attached hydrogens (tertiary/aromatic N) is 4. The molecule has 0 spiro atoms. The predicted molar refractivity (Wildman–Crippen MR) is 130 cm³/mol. The lowest BCUT2D eigenvalue weighted by molar-refractivity contribution is -0.776. The molecule has 7 nitrogen and oxygen atoms in total.